The first-order valence-corrected chi connectivity index (χ1v) is 9.16. The predicted octanol–water partition coefficient (Wildman–Crippen LogP) is 3.45. The van der Waals surface area contributed by atoms with Crippen LogP contribution in [0.1, 0.15) is 53.1 Å². The molecule has 2 aromatic rings. The minimum Gasteiger partial charge on any atom is -0.485 e. The highest BCUT2D eigenvalue weighted by atomic mass is 35.5. The van der Waals surface area contributed by atoms with Crippen molar-refractivity contribution in [2.75, 3.05) is 0 Å². The number of ether oxygens (including phenoxy) is 1. The van der Waals surface area contributed by atoms with Crippen molar-refractivity contribution in [1.29, 1.82) is 0 Å². The molecule has 1 heterocycles. The SMILES string of the molecule is CC(=O)c1ccc2c(c1)C(NC(=O)c1cc([N+](=O)[O-])ccc1Cl)C(O)C(C)(C)O2. The van der Waals surface area contributed by atoms with Gasteiger partial charge in [0.25, 0.3) is 11.6 Å². The van der Waals surface area contributed by atoms with Crippen LogP contribution in [0, 0.1) is 10.1 Å². The summed E-state index contributed by atoms with van der Waals surface area (Å²) >= 11 is 6.06. The maximum atomic E-state index is 12.9. The fourth-order valence-electron chi connectivity index (χ4n) is 3.20. The number of aliphatic hydroxyl groups excluding tert-OH is 1. The second kappa shape index (κ2) is 7.46. The van der Waals surface area contributed by atoms with Crippen LogP contribution in [-0.2, 0) is 0 Å². The number of benzene rings is 2. The fraction of sp³-hybridized carbons (Fsp3) is 0.300. The molecule has 1 aliphatic rings. The lowest BCUT2D eigenvalue weighted by molar-refractivity contribution is -0.384. The lowest BCUT2D eigenvalue weighted by Crippen LogP contribution is -2.53. The number of nitro groups is 1. The van der Waals surface area contributed by atoms with Gasteiger partial charge in [-0.15, -0.1) is 0 Å². The van der Waals surface area contributed by atoms with Crippen molar-refractivity contribution in [2.24, 2.45) is 0 Å². The van der Waals surface area contributed by atoms with Gasteiger partial charge in [0, 0.05) is 23.3 Å². The monoisotopic (exact) mass is 418 g/mol. The van der Waals surface area contributed by atoms with Crippen LogP contribution in [0.25, 0.3) is 0 Å². The molecular weight excluding hydrogens is 400 g/mol. The summed E-state index contributed by atoms with van der Waals surface area (Å²) in [6, 6.07) is 7.37. The zero-order valence-electron chi connectivity index (χ0n) is 15.9. The highest BCUT2D eigenvalue weighted by Gasteiger charge is 2.44. The molecule has 3 rings (SSSR count). The average Bonchev–Trinajstić information content (AvgIpc) is 2.64. The molecule has 1 aliphatic heterocycles. The van der Waals surface area contributed by atoms with E-state index in [0.29, 0.717) is 16.9 Å². The molecule has 0 bridgehead atoms. The maximum Gasteiger partial charge on any atom is 0.270 e. The van der Waals surface area contributed by atoms with Crippen molar-refractivity contribution >= 4 is 29.0 Å². The Morgan fingerprint density at radius 1 is 1.24 bits per heavy atom. The molecule has 0 aromatic heterocycles. The topological polar surface area (TPSA) is 119 Å². The molecule has 9 heteroatoms. The quantitative estimate of drug-likeness (QED) is 0.446. The number of hydrogen-bond acceptors (Lipinski definition) is 6. The zero-order chi connectivity index (χ0) is 21.5. The number of nitrogens with zero attached hydrogens (tertiary/aromatic N) is 1. The first-order chi connectivity index (χ1) is 13.5. The molecule has 0 radical (unpaired) electrons. The molecule has 29 heavy (non-hydrogen) atoms. The van der Waals surface area contributed by atoms with Gasteiger partial charge in [-0.1, -0.05) is 11.6 Å². The molecule has 8 nitrogen and oxygen atoms in total. The summed E-state index contributed by atoms with van der Waals surface area (Å²) in [5.74, 6) is -0.459. The zero-order valence-corrected chi connectivity index (χ0v) is 16.7. The van der Waals surface area contributed by atoms with E-state index in [4.69, 9.17) is 16.3 Å². The normalized spacial score (nSPS) is 19.6. The summed E-state index contributed by atoms with van der Waals surface area (Å²) in [7, 11) is 0. The van der Waals surface area contributed by atoms with Gasteiger partial charge in [0.1, 0.15) is 17.5 Å². The highest BCUT2D eigenvalue weighted by Crippen LogP contribution is 2.40. The molecule has 0 fully saturated rings. The minimum absolute atomic E-state index is 0.0339. The van der Waals surface area contributed by atoms with E-state index in [0.717, 1.165) is 6.07 Å². The van der Waals surface area contributed by atoms with Crippen LogP contribution < -0.4 is 10.1 Å². The molecule has 2 N–H and O–H groups in total. The Kier molecular flexibility index (Phi) is 5.34. The van der Waals surface area contributed by atoms with Gasteiger partial charge in [-0.2, -0.15) is 0 Å². The molecular formula is C20H19ClN2O6. The smallest absolute Gasteiger partial charge is 0.270 e. The molecule has 0 saturated heterocycles. The standard InChI is InChI=1S/C20H19ClN2O6/c1-10(24)11-4-7-16-14(8-11)17(18(25)20(2,3)29-16)22-19(26)13-9-12(23(27)28)5-6-15(13)21/h4-9,17-18,25H,1-3H3,(H,22,26). The first-order valence-electron chi connectivity index (χ1n) is 8.78. The van der Waals surface area contributed by atoms with E-state index in [1.807, 2.05) is 0 Å². The van der Waals surface area contributed by atoms with Gasteiger partial charge in [0.2, 0.25) is 0 Å². The molecule has 0 spiro atoms. The Labute approximate surface area is 171 Å². The molecule has 152 valence electrons. The fourth-order valence-corrected chi connectivity index (χ4v) is 3.40. The number of fused-ring (bicyclic) bond motifs is 1. The Balaban J connectivity index is 2.03. The van der Waals surface area contributed by atoms with Crippen molar-refractivity contribution in [1.82, 2.24) is 5.32 Å². The van der Waals surface area contributed by atoms with Gasteiger partial charge in [-0.3, -0.25) is 19.7 Å². The summed E-state index contributed by atoms with van der Waals surface area (Å²) in [5, 5.41) is 24.6. The van der Waals surface area contributed by atoms with Gasteiger partial charge in [-0.25, -0.2) is 0 Å². The lowest BCUT2D eigenvalue weighted by Gasteiger charge is -2.42. The van der Waals surface area contributed by atoms with E-state index < -0.39 is 28.6 Å². The van der Waals surface area contributed by atoms with E-state index in [1.165, 1.54) is 19.1 Å². The van der Waals surface area contributed by atoms with E-state index >= 15 is 0 Å². The second-order valence-corrected chi connectivity index (χ2v) is 7.74. The number of aliphatic hydroxyl groups is 1. The van der Waals surface area contributed by atoms with Crippen LogP contribution in [0.5, 0.6) is 5.75 Å². The Morgan fingerprint density at radius 2 is 1.93 bits per heavy atom. The third-order valence-electron chi connectivity index (χ3n) is 4.84. The van der Waals surface area contributed by atoms with Crippen LogP contribution in [0.4, 0.5) is 5.69 Å². The number of non-ortho nitro benzene ring substituents is 1. The molecule has 0 saturated carbocycles. The summed E-state index contributed by atoms with van der Waals surface area (Å²) < 4.78 is 5.83. The molecule has 2 atom stereocenters. The van der Waals surface area contributed by atoms with E-state index in [2.05, 4.69) is 5.32 Å². The number of Topliss-reactive ketones (excluding diaryl/α,β-unsaturated/α-hetero) is 1. The third kappa shape index (κ3) is 3.94. The van der Waals surface area contributed by atoms with Crippen molar-refractivity contribution in [3.05, 3.63) is 68.2 Å². The number of ketones is 1. The largest absolute Gasteiger partial charge is 0.485 e. The number of rotatable bonds is 4. The van der Waals surface area contributed by atoms with E-state index in [9.17, 15) is 24.8 Å². The van der Waals surface area contributed by atoms with Gasteiger partial charge < -0.3 is 15.2 Å². The number of hydrogen-bond donors (Lipinski definition) is 2. The van der Waals surface area contributed by atoms with Crippen molar-refractivity contribution < 1.29 is 24.4 Å². The first kappa shape index (κ1) is 20.8. The van der Waals surface area contributed by atoms with Crippen LogP contribution in [0.15, 0.2) is 36.4 Å². The van der Waals surface area contributed by atoms with Gasteiger partial charge in [0.15, 0.2) is 5.78 Å². The molecule has 1 amide bonds. The average molecular weight is 419 g/mol. The highest BCUT2D eigenvalue weighted by molar-refractivity contribution is 6.34. The number of carbonyl (C=O) groups is 2. The van der Waals surface area contributed by atoms with Crippen molar-refractivity contribution in [3.8, 4) is 5.75 Å². The third-order valence-corrected chi connectivity index (χ3v) is 5.17. The molecule has 2 unspecified atom stereocenters. The Hall–Kier alpha value is -2.97. The summed E-state index contributed by atoms with van der Waals surface area (Å²) in [4.78, 5) is 35.0. The van der Waals surface area contributed by atoms with Crippen LogP contribution in [0.2, 0.25) is 5.02 Å². The Bertz CT molecular complexity index is 1020. The second-order valence-electron chi connectivity index (χ2n) is 7.33. The number of carbonyl (C=O) groups excluding carboxylic acids is 2. The summed E-state index contributed by atoms with van der Waals surface area (Å²) in [5.41, 5.74) is -0.588. The maximum absolute atomic E-state index is 12.9. The van der Waals surface area contributed by atoms with Crippen molar-refractivity contribution in [2.45, 2.75) is 38.5 Å². The van der Waals surface area contributed by atoms with Gasteiger partial charge in [0.05, 0.1) is 21.6 Å². The van der Waals surface area contributed by atoms with E-state index in [1.54, 1.807) is 32.0 Å². The number of nitrogens with one attached hydrogen (secondary N) is 1. The molecule has 2 aromatic carbocycles. The van der Waals surface area contributed by atoms with Crippen molar-refractivity contribution in [3.63, 3.8) is 0 Å². The number of amides is 1. The van der Waals surface area contributed by atoms with Gasteiger partial charge in [-0.05, 0) is 45.0 Å². The minimum atomic E-state index is -1.15. The van der Waals surface area contributed by atoms with Crippen LogP contribution in [-0.4, -0.2) is 33.4 Å². The van der Waals surface area contributed by atoms with Gasteiger partial charge >= 0.3 is 0 Å². The summed E-state index contributed by atoms with van der Waals surface area (Å²) in [6.45, 7) is 4.74. The van der Waals surface area contributed by atoms with E-state index in [-0.39, 0.29) is 22.1 Å². The van der Waals surface area contributed by atoms with Crippen LogP contribution in [0.3, 0.4) is 0 Å². The number of nitro benzene ring substituents is 1. The Morgan fingerprint density at radius 3 is 2.55 bits per heavy atom. The molecule has 0 aliphatic carbocycles. The predicted molar refractivity (Wildman–Crippen MR) is 105 cm³/mol. The lowest BCUT2D eigenvalue weighted by atomic mass is 9.85. The number of halogens is 1. The van der Waals surface area contributed by atoms with Crippen LogP contribution >= 0.6 is 11.6 Å². The summed E-state index contributed by atoms with van der Waals surface area (Å²) in [6.07, 6.45) is -1.15.